The van der Waals surface area contributed by atoms with Gasteiger partial charge in [-0.25, -0.2) is 13.5 Å². The van der Waals surface area contributed by atoms with Crippen LogP contribution in [0.3, 0.4) is 0 Å². The first-order chi connectivity index (χ1) is 17.4. The Labute approximate surface area is 207 Å². The van der Waals surface area contributed by atoms with E-state index in [0.29, 0.717) is 13.0 Å². The van der Waals surface area contributed by atoms with Crippen molar-refractivity contribution in [1.82, 2.24) is 20.2 Å². The molecule has 1 unspecified atom stereocenters. The molecule has 7 rings (SSSR count). The molecule has 3 saturated carbocycles. The summed E-state index contributed by atoms with van der Waals surface area (Å²) < 4.78 is 35.6. The van der Waals surface area contributed by atoms with E-state index in [9.17, 15) is 13.9 Å². The molecule has 1 N–H and O–H groups in total. The number of nitrogens with zero attached hydrogens (tertiary/aromatic N) is 4. The van der Waals surface area contributed by atoms with Crippen molar-refractivity contribution in [3.63, 3.8) is 0 Å². The second-order valence-electron chi connectivity index (χ2n) is 10.4. The van der Waals surface area contributed by atoms with Gasteiger partial charge in [0.15, 0.2) is 0 Å². The zero-order chi connectivity index (χ0) is 24.8. The SMILES string of the molecule is OC(Cn1cnnn1)(CC12CC(c3ccc(OCc4ccccc4)cc3)(C1)C2)c1ccc(F)cc1F. The van der Waals surface area contributed by atoms with Crippen LogP contribution in [0, 0.1) is 17.0 Å². The fourth-order valence-corrected chi connectivity index (χ4v) is 6.38. The van der Waals surface area contributed by atoms with Crippen LogP contribution in [-0.2, 0) is 24.2 Å². The maximum Gasteiger partial charge on any atom is 0.138 e. The molecule has 0 amide bonds. The van der Waals surface area contributed by atoms with Gasteiger partial charge in [-0.05, 0) is 76.3 Å². The van der Waals surface area contributed by atoms with E-state index in [4.69, 9.17) is 4.74 Å². The van der Waals surface area contributed by atoms with E-state index in [-0.39, 0.29) is 22.9 Å². The minimum absolute atomic E-state index is 0.00917. The van der Waals surface area contributed by atoms with Crippen LogP contribution >= 0.6 is 0 Å². The molecular formula is C28H26F2N4O2. The summed E-state index contributed by atoms with van der Waals surface area (Å²) in [5, 5.41) is 22.8. The molecule has 36 heavy (non-hydrogen) atoms. The third-order valence-electron chi connectivity index (χ3n) is 7.77. The first-order valence-electron chi connectivity index (χ1n) is 12.0. The molecule has 1 heterocycles. The van der Waals surface area contributed by atoms with Gasteiger partial charge in [-0.3, -0.25) is 0 Å². The highest BCUT2D eigenvalue weighted by atomic mass is 19.1. The normalized spacial score (nSPS) is 23.9. The third kappa shape index (κ3) is 4.05. The van der Waals surface area contributed by atoms with Gasteiger partial charge in [0, 0.05) is 11.6 Å². The van der Waals surface area contributed by atoms with E-state index >= 15 is 0 Å². The van der Waals surface area contributed by atoms with E-state index < -0.39 is 17.2 Å². The number of rotatable bonds is 9. The minimum Gasteiger partial charge on any atom is -0.489 e. The standard InChI is InChI=1S/C28H26F2N4O2/c29-22-8-11-24(25(30)12-22)28(35,18-34-19-31-32-33-34)17-26-14-27(15-26,16-26)21-6-9-23(10-7-21)36-13-20-4-2-1-3-5-20/h1-12,19,35H,13-18H2. The summed E-state index contributed by atoms with van der Waals surface area (Å²) in [6.07, 6.45) is 4.46. The zero-order valence-corrected chi connectivity index (χ0v) is 19.6. The number of aliphatic hydroxyl groups is 1. The van der Waals surface area contributed by atoms with E-state index in [0.717, 1.165) is 36.6 Å². The van der Waals surface area contributed by atoms with Crippen molar-refractivity contribution in [3.8, 4) is 5.75 Å². The van der Waals surface area contributed by atoms with Crippen LogP contribution in [0.5, 0.6) is 5.75 Å². The Balaban J connectivity index is 1.15. The lowest BCUT2D eigenvalue weighted by molar-refractivity contribution is -0.188. The van der Waals surface area contributed by atoms with Gasteiger partial charge in [-0.2, -0.15) is 0 Å². The molecule has 8 heteroatoms. The van der Waals surface area contributed by atoms with Crippen LogP contribution < -0.4 is 4.74 Å². The molecule has 1 aromatic heterocycles. The second-order valence-corrected chi connectivity index (χ2v) is 10.4. The Morgan fingerprint density at radius 1 is 0.972 bits per heavy atom. The summed E-state index contributed by atoms with van der Waals surface area (Å²) in [4.78, 5) is 0. The molecule has 3 aromatic carbocycles. The van der Waals surface area contributed by atoms with Crippen LogP contribution in [0.2, 0.25) is 0 Å². The highest BCUT2D eigenvalue weighted by Gasteiger charge is 2.69. The van der Waals surface area contributed by atoms with Gasteiger partial charge in [0.05, 0.1) is 6.54 Å². The minimum atomic E-state index is -1.56. The topological polar surface area (TPSA) is 73.1 Å². The van der Waals surface area contributed by atoms with Crippen molar-refractivity contribution in [3.05, 3.63) is 107 Å². The molecule has 3 aliphatic carbocycles. The van der Waals surface area contributed by atoms with E-state index in [2.05, 4.69) is 27.7 Å². The molecule has 2 bridgehead atoms. The number of halogens is 2. The summed E-state index contributed by atoms with van der Waals surface area (Å²) >= 11 is 0. The van der Waals surface area contributed by atoms with E-state index in [1.165, 1.54) is 28.7 Å². The van der Waals surface area contributed by atoms with E-state index in [1.807, 2.05) is 42.5 Å². The molecule has 0 radical (unpaired) electrons. The Bertz CT molecular complexity index is 1340. The van der Waals surface area contributed by atoms with Crippen LogP contribution in [-0.4, -0.2) is 25.3 Å². The Kier molecular flexibility index (Phi) is 5.37. The molecule has 0 aliphatic heterocycles. The predicted molar refractivity (Wildman–Crippen MR) is 128 cm³/mol. The van der Waals surface area contributed by atoms with Crippen LogP contribution in [0.4, 0.5) is 8.78 Å². The molecule has 0 saturated heterocycles. The molecule has 0 spiro atoms. The van der Waals surface area contributed by atoms with Gasteiger partial charge in [-0.15, -0.1) is 5.10 Å². The maximum atomic E-state index is 14.8. The van der Waals surface area contributed by atoms with Crippen molar-refractivity contribution in [2.24, 2.45) is 5.41 Å². The quantitative estimate of drug-likeness (QED) is 0.362. The number of benzene rings is 3. The highest BCUT2D eigenvalue weighted by molar-refractivity contribution is 5.42. The van der Waals surface area contributed by atoms with Crippen molar-refractivity contribution in [1.29, 1.82) is 0 Å². The van der Waals surface area contributed by atoms with Gasteiger partial charge >= 0.3 is 0 Å². The third-order valence-corrected chi connectivity index (χ3v) is 7.77. The first-order valence-corrected chi connectivity index (χ1v) is 12.0. The molecule has 6 nitrogen and oxygen atoms in total. The maximum absolute atomic E-state index is 14.8. The number of aromatic nitrogens is 4. The average Bonchev–Trinajstić information content (AvgIpc) is 3.33. The average molecular weight is 489 g/mol. The number of ether oxygens (including phenoxy) is 1. The molecule has 184 valence electrons. The van der Waals surface area contributed by atoms with Crippen LogP contribution in [0.15, 0.2) is 79.1 Å². The molecule has 3 fully saturated rings. The zero-order valence-electron chi connectivity index (χ0n) is 19.6. The van der Waals surface area contributed by atoms with Crippen LogP contribution in [0.25, 0.3) is 0 Å². The fourth-order valence-electron chi connectivity index (χ4n) is 6.38. The fraction of sp³-hybridized carbons (Fsp3) is 0.321. The summed E-state index contributed by atoms with van der Waals surface area (Å²) in [5.74, 6) is -0.619. The monoisotopic (exact) mass is 488 g/mol. The van der Waals surface area contributed by atoms with Gasteiger partial charge < -0.3 is 9.84 Å². The van der Waals surface area contributed by atoms with Gasteiger partial charge in [-0.1, -0.05) is 48.5 Å². The van der Waals surface area contributed by atoms with Gasteiger partial charge in [0.1, 0.15) is 35.9 Å². The Morgan fingerprint density at radius 3 is 2.39 bits per heavy atom. The molecule has 4 aromatic rings. The Morgan fingerprint density at radius 2 is 1.72 bits per heavy atom. The second kappa shape index (κ2) is 8.48. The lowest BCUT2D eigenvalue weighted by Gasteiger charge is -2.72. The smallest absolute Gasteiger partial charge is 0.138 e. The van der Waals surface area contributed by atoms with E-state index in [1.54, 1.807) is 0 Å². The van der Waals surface area contributed by atoms with Gasteiger partial charge in [0.25, 0.3) is 0 Å². The first kappa shape index (κ1) is 22.8. The van der Waals surface area contributed by atoms with Crippen molar-refractivity contribution < 1.29 is 18.6 Å². The summed E-state index contributed by atoms with van der Waals surface area (Å²) in [6.45, 7) is 0.513. The van der Waals surface area contributed by atoms with Crippen molar-refractivity contribution >= 4 is 0 Å². The Hall–Kier alpha value is -3.65. The largest absolute Gasteiger partial charge is 0.489 e. The van der Waals surface area contributed by atoms with Crippen molar-refractivity contribution in [2.75, 3.05) is 0 Å². The number of hydrogen-bond donors (Lipinski definition) is 1. The van der Waals surface area contributed by atoms with Gasteiger partial charge in [0.2, 0.25) is 0 Å². The highest BCUT2D eigenvalue weighted by Crippen LogP contribution is 2.76. The number of tetrazole rings is 1. The number of hydrogen-bond acceptors (Lipinski definition) is 5. The predicted octanol–water partition coefficient (Wildman–Crippen LogP) is 4.93. The van der Waals surface area contributed by atoms with Crippen LogP contribution in [0.1, 0.15) is 42.4 Å². The summed E-state index contributed by atoms with van der Waals surface area (Å²) in [7, 11) is 0. The summed E-state index contributed by atoms with van der Waals surface area (Å²) in [5.41, 5.74) is 0.858. The lowest BCUT2D eigenvalue weighted by Crippen LogP contribution is -2.66. The lowest BCUT2D eigenvalue weighted by atomic mass is 9.32. The molecule has 1 atom stereocenters. The van der Waals surface area contributed by atoms with Crippen molar-refractivity contribution in [2.45, 2.75) is 49.9 Å². The molecule has 3 aliphatic rings. The molecular weight excluding hydrogens is 462 g/mol. The summed E-state index contributed by atoms with van der Waals surface area (Å²) in [6, 6.07) is 21.6.